The zero-order valence-corrected chi connectivity index (χ0v) is 14.3. The van der Waals surface area contributed by atoms with Gasteiger partial charge in [0.05, 0.1) is 17.3 Å². The molecule has 0 aliphatic carbocycles. The molecule has 1 amide bonds. The fraction of sp³-hybridized carbons (Fsp3) is 0.238. The Morgan fingerprint density at radius 1 is 1.16 bits per heavy atom. The highest BCUT2D eigenvalue weighted by Crippen LogP contribution is 2.23. The van der Waals surface area contributed by atoms with Gasteiger partial charge in [-0.2, -0.15) is 5.26 Å². The summed E-state index contributed by atoms with van der Waals surface area (Å²) in [5.41, 5.74) is 3.63. The third-order valence-electron chi connectivity index (χ3n) is 4.62. The number of rotatable bonds is 4. The maximum absolute atomic E-state index is 12.5. The van der Waals surface area contributed by atoms with E-state index in [1.54, 1.807) is 18.2 Å². The Balaban J connectivity index is 1.64. The Labute approximate surface area is 148 Å². The van der Waals surface area contributed by atoms with Gasteiger partial charge in [-0.3, -0.25) is 9.69 Å². The van der Waals surface area contributed by atoms with E-state index in [0.717, 1.165) is 19.5 Å². The molecule has 0 bridgehead atoms. The van der Waals surface area contributed by atoms with Gasteiger partial charge >= 0.3 is 0 Å². The molecule has 0 spiro atoms. The van der Waals surface area contributed by atoms with Gasteiger partial charge in [0.2, 0.25) is 5.91 Å². The molecule has 1 N–H and O–H groups in total. The van der Waals surface area contributed by atoms with Crippen LogP contribution in [0.2, 0.25) is 0 Å². The van der Waals surface area contributed by atoms with Crippen LogP contribution in [0.1, 0.15) is 24.5 Å². The van der Waals surface area contributed by atoms with Crippen molar-refractivity contribution in [2.75, 3.05) is 18.4 Å². The van der Waals surface area contributed by atoms with Crippen LogP contribution < -0.4 is 5.32 Å². The highest BCUT2D eigenvalue weighted by molar-refractivity contribution is 5.95. The Hall–Kier alpha value is -2.90. The summed E-state index contributed by atoms with van der Waals surface area (Å²) in [5, 5.41) is 12.0. The maximum Gasteiger partial charge on any atom is 0.241 e. The standard InChI is InChI=1S/C21H21N3O/c1-16(21(25)23-20-10-6-5-9-19(20)15-22)24-13-11-18(12-14-24)17-7-3-2-4-8-17/h2-11,16H,12-14H2,1H3,(H,23,25)/t16-/m0/s1. The molecule has 1 atom stereocenters. The molecule has 0 saturated heterocycles. The minimum Gasteiger partial charge on any atom is -0.324 e. The molecule has 0 saturated carbocycles. The van der Waals surface area contributed by atoms with Crippen molar-refractivity contribution in [1.29, 1.82) is 5.26 Å². The summed E-state index contributed by atoms with van der Waals surface area (Å²) >= 11 is 0. The molecule has 0 aromatic heterocycles. The van der Waals surface area contributed by atoms with E-state index < -0.39 is 0 Å². The predicted molar refractivity (Wildman–Crippen MR) is 99.9 cm³/mol. The van der Waals surface area contributed by atoms with Crippen LogP contribution in [0, 0.1) is 11.3 Å². The van der Waals surface area contributed by atoms with E-state index >= 15 is 0 Å². The van der Waals surface area contributed by atoms with Crippen LogP contribution in [0.3, 0.4) is 0 Å². The van der Waals surface area contributed by atoms with Gasteiger partial charge in [0.15, 0.2) is 0 Å². The van der Waals surface area contributed by atoms with E-state index in [-0.39, 0.29) is 11.9 Å². The maximum atomic E-state index is 12.5. The van der Waals surface area contributed by atoms with Gasteiger partial charge in [-0.05, 0) is 36.6 Å². The lowest BCUT2D eigenvalue weighted by Gasteiger charge is -2.31. The first kappa shape index (κ1) is 16.9. The summed E-state index contributed by atoms with van der Waals surface area (Å²) in [5.74, 6) is -0.0840. The Morgan fingerprint density at radius 3 is 2.56 bits per heavy atom. The van der Waals surface area contributed by atoms with E-state index in [1.807, 2.05) is 31.2 Å². The summed E-state index contributed by atoms with van der Waals surface area (Å²) in [6, 6.07) is 19.3. The second-order valence-electron chi connectivity index (χ2n) is 6.16. The van der Waals surface area contributed by atoms with Crippen molar-refractivity contribution >= 4 is 17.2 Å². The molecule has 126 valence electrons. The summed E-state index contributed by atoms with van der Waals surface area (Å²) in [6.45, 7) is 3.50. The first-order valence-electron chi connectivity index (χ1n) is 8.47. The lowest BCUT2D eigenvalue weighted by molar-refractivity contribution is -0.120. The molecule has 0 fully saturated rings. The zero-order chi connectivity index (χ0) is 17.6. The molecule has 0 radical (unpaired) electrons. The average Bonchev–Trinajstić information content (AvgIpc) is 2.68. The van der Waals surface area contributed by atoms with Gasteiger partial charge in [-0.25, -0.2) is 0 Å². The van der Waals surface area contributed by atoms with E-state index in [1.165, 1.54) is 11.1 Å². The number of carbonyl (C=O) groups excluding carboxylic acids is 1. The van der Waals surface area contributed by atoms with Gasteiger partial charge < -0.3 is 5.32 Å². The molecular formula is C21H21N3O. The first-order chi connectivity index (χ1) is 12.2. The molecule has 3 rings (SSSR count). The minimum absolute atomic E-state index is 0.0840. The topological polar surface area (TPSA) is 56.1 Å². The van der Waals surface area contributed by atoms with Gasteiger partial charge in [-0.1, -0.05) is 48.5 Å². The second kappa shape index (κ2) is 7.78. The molecule has 0 unspecified atom stereocenters. The molecule has 2 aromatic rings. The van der Waals surface area contributed by atoms with Crippen molar-refractivity contribution in [3.63, 3.8) is 0 Å². The smallest absolute Gasteiger partial charge is 0.241 e. The molecule has 2 aromatic carbocycles. The van der Waals surface area contributed by atoms with Crippen molar-refractivity contribution in [1.82, 2.24) is 4.90 Å². The highest BCUT2D eigenvalue weighted by atomic mass is 16.2. The number of nitriles is 1. The molecule has 4 nitrogen and oxygen atoms in total. The van der Waals surface area contributed by atoms with Crippen molar-refractivity contribution in [2.45, 2.75) is 19.4 Å². The number of hydrogen-bond acceptors (Lipinski definition) is 3. The van der Waals surface area contributed by atoms with E-state index in [9.17, 15) is 4.79 Å². The van der Waals surface area contributed by atoms with Crippen LogP contribution in [-0.4, -0.2) is 29.9 Å². The molecular weight excluding hydrogens is 310 g/mol. The van der Waals surface area contributed by atoms with Crippen LogP contribution in [-0.2, 0) is 4.79 Å². The molecule has 25 heavy (non-hydrogen) atoms. The average molecular weight is 331 g/mol. The fourth-order valence-electron chi connectivity index (χ4n) is 3.04. The number of amides is 1. The van der Waals surface area contributed by atoms with Gasteiger partial charge in [0.25, 0.3) is 0 Å². The zero-order valence-electron chi connectivity index (χ0n) is 14.3. The first-order valence-corrected chi connectivity index (χ1v) is 8.47. The third kappa shape index (κ3) is 3.96. The van der Waals surface area contributed by atoms with Crippen LogP contribution in [0.4, 0.5) is 5.69 Å². The summed E-state index contributed by atoms with van der Waals surface area (Å²) in [7, 11) is 0. The Kier molecular flexibility index (Phi) is 5.27. The Bertz CT molecular complexity index is 821. The van der Waals surface area contributed by atoms with Crippen LogP contribution in [0.5, 0.6) is 0 Å². The predicted octanol–water partition coefficient (Wildman–Crippen LogP) is 3.67. The van der Waals surface area contributed by atoms with E-state index in [2.05, 4.69) is 34.5 Å². The molecule has 4 heteroatoms. The van der Waals surface area contributed by atoms with Gasteiger partial charge in [0, 0.05) is 13.1 Å². The number of benzene rings is 2. The molecule has 1 aliphatic heterocycles. The van der Waals surface area contributed by atoms with Crippen LogP contribution >= 0.6 is 0 Å². The van der Waals surface area contributed by atoms with Crippen LogP contribution in [0.15, 0.2) is 60.7 Å². The highest BCUT2D eigenvalue weighted by Gasteiger charge is 2.23. The van der Waals surface area contributed by atoms with Gasteiger partial charge in [-0.15, -0.1) is 0 Å². The summed E-state index contributed by atoms with van der Waals surface area (Å²) < 4.78 is 0. The summed E-state index contributed by atoms with van der Waals surface area (Å²) in [6.07, 6.45) is 3.13. The fourth-order valence-corrected chi connectivity index (χ4v) is 3.04. The molecule has 1 aliphatic rings. The summed E-state index contributed by atoms with van der Waals surface area (Å²) in [4.78, 5) is 14.7. The number of nitrogens with one attached hydrogen (secondary N) is 1. The van der Waals surface area contributed by atoms with Crippen molar-refractivity contribution in [3.8, 4) is 6.07 Å². The van der Waals surface area contributed by atoms with Crippen molar-refractivity contribution in [2.24, 2.45) is 0 Å². The minimum atomic E-state index is -0.250. The quantitative estimate of drug-likeness (QED) is 0.930. The van der Waals surface area contributed by atoms with Crippen molar-refractivity contribution in [3.05, 3.63) is 71.8 Å². The SMILES string of the molecule is C[C@@H](C(=O)Nc1ccccc1C#N)N1CC=C(c2ccccc2)CC1. The number of anilines is 1. The lowest BCUT2D eigenvalue weighted by Crippen LogP contribution is -2.44. The number of para-hydroxylation sites is 1. The van der Waals surface area contributed by atoms with Crippen LogP contribution in [0.25, 0.3) is 5.57 Å². The number of nitrogens with zero attached hydrogens (tertiary/aromatic N) is 2. The Morgan fingerprint density at radius 2 is 1.88 bits per heavy atom. The third-order valence-corrected chi connectivity index (χ3v) is 4.62. The number of carbonyl (C=O) groups is 1. The lowest BCUT2D eigenvalue weighted by atomic mass is 9.99. The van der Waals surface area contributed by atoms with E-state index in [0.29, 0.717) is 11.3 Å². The largest absolute Gasteiger partial charge is 0.324 e. The normalized spacial score (nSPS) is 15.8. The van der Waals surface area contributed by atoms with Gasteiger partial charge in [0.1, 0.15) is 6.07 Å². The number of hydrogen-bond donors (Lipinski definition) is 1. The van der Waals surface area contributed by atoms with Crippen molar-refractivity contribution < 1.29 is 4.79 Å². The van der Waals surface area contributed by atoms with E-state index in [4.69, 9.17) is 5.26 Å². The monoisotopic (exact) mass is 331 g/mol. The second-order valence-corrected chi connectivity index (χ2v) is 6.16. The molecule has 1 heterocycles.